The number of anilines is 2. The van der Waals surface area contributed by atoms with Gasteiger partial charge in [0.15, 0.2) is 0 Å². The molecule has 0 bridgehead atoms. The minimum Gasteiger partial charge on any atom is -0.494 e. The Morgan fingerprint density at radius 3 is 2.47 bits per heavy atom. The molecule has 0 spiro atoms. The van der Waals surface area contributed by atoms with Gasteiger partial charge in [0, 0.05) is 37.4 Å². The molecule has 1 aliphatic rings. The fraction of sp³-hybridized carbons (Fsp3) is 0.409. The van der Waals surface area contributed by atoms with Crippen molar-refractivity contribution in [3.63, 3.8) is 0 Å². The van der Waals surface area contributed by atoms with Crippen molar-refractivity contribution in [2.75, 3.05) is 36.0 Å². The highest BCUT2D eigenvalue weighted by atomic mass is 32.2. The lowest BCUT2D eigenvalue weighted by Gasteiger charge is -2.32. The Bertz CT molecular complexity index is 1020. The van der Waals surface area contributed by atoms with Crippen LogP contribution in [0.15, 0.2) is 42.5 Å². The largest absolute Gasteiger partial charge is 0.494 e. The van der Waals surface area contributed by atoms with Crippen molar-refractivity contribution in [1.82, 2.24) is 10.2 Å². The second-order valence-corrected chi connectivity index (χ2v) is 9.71. The summed E-state index contributed by atoms with van der Waals surface area (Å²) in [5.41, 5.74) is 1.87. The number of halogens is 1. The number of methoxy groups -OCH3 is 1. The van der Waals surface area contributed by atoms with E-state index in [0.717, 1.165) is 38.0 Å². The number of hydrogen-bond donors (Lipinski definition) is 3. The van der Waals surface area contributed by atoms with Crippen molar-refractivity contribution in [3.8, 4) is 5.75 Å². The van der Waals surface area contributed by atoms with Gasteiger partial charge >= 0.3 is 6.03 Å². The summed E-state index contributed by atoms with van der Waals surface area (Å²) in [6.45, 7) is 3.97. The van der Waals surface area contributed by atoms with Gasteiger partial charge in [-0.3, -0.25) is 9.62 Å². The number of urea groups is 1. The van der Waals surface area contributed by atoms with Crippen molar-refractivity contribution in [3.05, 3.63) is 53.8 Å². The number of nitrogens with one attached hydrogen (secondary N) is 3. The van der Waals surface area contributed by atoms with Crippen molar-refractivity contribution >= 4 is 27.4 Å². The molecule has 0 atom stereocenters. The summed E-state index contributed by atoms with van der Waals surface area (Å²) in [7, 11) is -2.00. The molecular formula is C22H29FN4O4S. The van der Waals surface area contributed by atoms with E-state index in [4.69, 9.17) is 4.74 Å². The van der Waals surface area contributed by atoms with E-state index < -0.39 is 10.0 Å². The number of nitrogens with zero attached hydrogens (tertiary/aromatic N) is 1. The van der Waals surface area contributed by atoms with E-state index in [9.17, 15) is 17.6 Å². The van der Waals surface area contributed by atoms with Gasteiger partial charge in [-0.25, -0.2) is 17.6 Å². The molecule has 0 aromatic heterocycles. The molecule has 3 N–H and O–H groups in total. The normalized spacial score (nSPS) is 15.2. The van der Waals surface area contributed by atoms with E-state index in [0.29, 0.717) is 17.1 Å². The van der Waals surface area contributed by atoms with E-state index in [-0.39, 0.29) is 23.6 Å². The van der Waals surface area contributed by atoms with Crippen LogP contribution < -0.4 is 20.1 Å². The lowest BCUT2D eigenvalue weighted by atomic mass is 10.0. The third kappa shape index (κ3) is 6.83. The molecule has 32 heavy (non-hydrogen) atoms. The zero-order valence-electron chi connectivity index (χ0n) is 18.2. The molecule has 3 rings (SSSR count). The van der Waals surface area contributed by atoms with Crippen molar-refractivity contribution < 1.29 is 22.3 Å². The first kappa shape index (κ1) is 23.8. The number of ether oxygens (including phenoxy) is 1. The maximum Gasteiger partial charge on any atom is 0.319 e. The number of rotatable bonds is 8. The van der Waals surface area contributed by atoms with E-state index in [1.165, 1.54) is 19.2 Å². The highest BCUT2D eigenvalue weighted by molar-refractivity contribution is 7.92. The van der Waals surface area contributed by atoms with Crippen LogP contribution in [0.3, 0.4) is 0 Å². The van der Waals surface area contributed by atoms with Crippen LogP contribution in [0.1, 0.15) is 25.3 Å². The lowest BCUT2D eigenvalue weighted by molar-refractivity contribution is 0.190. The van der Waals surface area contributed by atoms with E-state index in [1.54, 1.807) is 37.3 Å². The van der Waals surface area contributed by atoms with E-state index in [2.05, 4.69) is 20.3 Å². The molecule has 2 aromatic carbocycles. The quantitative estimate of drug-likeness (QED) is 0.556. The molecule has 2 amide bonds. The Hall–Kier alpha value is -2.85. The third-order valence-corrected chi connectivity index (χ3v) is 6.64. The zero-order valence-corrected chi connectivity index (χ0v) is 19.0. The lowest BCUT2D eigenvalue weighted by Crippen LogP contribution is -2.45. The first-order chi connectivity index (χ1) is 15.3. The molecule has 2 aromatic rings. The first-order valence-electron chi connectivity index (χ1n) is 10.5. The molecule has 1 fully saturated rings. The Labute approximate surface area is 188 Å². The number of carbonyl (C=O) groups is 1. The summed E-state index contributed by atoms with van der Waals surface area (Å²) < 4.78 is 44.3. The zero-order chi connectivity index (χ0) is 23.1. The molecule has 0 saturated carbocycles. The van der Waals surface area contributed by atoms with Gasteiger partial charge in [-0.1, -0.05) is 12.1 Å². The minimum atomic E-state index is -3.44. The van der Waals surface area contributed by atoms with E-state index >= 15 is 0 Å². The Morgan fingerprint density at radius 2 is 1.84 bits per heavy atom. The summed E-state index contributed by atoms with van der Waals surface area (Å²) in [4.78, 5) is 14.7. The molecule has 10 heteroatoms. The number of benzene rings is 2. The van der Waals surface area contributed by atoms with Crippen LogP contribution in [0.5, 0.6) is 5.75 Å². The van der Waals surface area contributed by atoms with Crippen LogP contribution in [0.25, 0.3) is 0 Å². The van der Waals surface area contributed by atoms with Crippen LogP contribution >= 0.6 is 0 Å². The molecule has 8 nitrogen and oxygen atoms in total. The standard InChI is InChI=1S/C22H29FN4O4S/c1-3-32(29,30)26-20-9-8-19(14-21(20)31-2)25-22(28)24-18-10-12-27(13-11-18)15-16-4-6-17(23)7-5-16/h4-9,14,18,26H,3,10-13,15H2,1-2H3,(H2,24,25,28). The maximum absolute atomic E-state index is 13.0. The van der Waals surface area contributed by atoms with Gasteiger partial charge in [-0.2, -0.15) is 0 Å². The van der Waals surface area contributed by atoms with Gasteiger partial charge < -0.3 is 15.4 Å². The van der Waals surface area contributed by atoms with Crippen molar-refractivity contribution in [2.24, 2.45) is 0 Å². The van der Waals surface area contributed by atoms with Crippen LogP contribution in [0, 0.1) is 5.82 Å². The second-order valence-electron chi connectivity index (χ2n) is 7.70. The maximum atomic E-state index is 13.0. The molecule has 0 radical (unpaired) electrons. The molecule has 174 valence electrons. The Kier molecular flexibility index (Phi) is 7.92. The van der Waals surface area contributed by atoms with Crippen molar-refractivity contribution in [1.29, 1.82) is 0 Å². The number of likely N-dealkylation sites (tertiary alicyclic amines) is 1. The third-order valence-electron chi connectivity index (χ3n) is 5.35. The number of amides is 2. The molecule has 0 aliphatic carbocycles. The predicted molar refractivity (Wildman–Crippen MR) is 123 cm³/mol. The van der Waals surface area contributed by atoms with Gasteiger partial charge in [0.1, 0.15) is 11.6 Å². The fourth-order valence-corrected chi connectivity index (χ4v) is 4.18. The topological polar surface area (TPSA) is 99.8 Å². The number of sulfonamides is 1. The van der Waals surface area contributed by atoms with Gasteiger partial charge in [0.25, 0.3) is 0 Å². The smallest absolute Gasteiger partial charge is 0.319 e. The van der Waals surface area contributed by atoms with Gasteiger partial charge in [-0.05, 0) is 49.6 Å². The van der Waals surface area contributed by atoms with Crippen LogP contribution in [-0.4, -0.2) is 51.3 Å². The monoisotopic (exact) mass is 464 g/mol. The van der Waals surface area contributed by atoms with Gasteiger partial charge in [0.2, 0.25) is 10.0 Å². The molecule has 1 aliphatic heterocycles. The SMILES string of the molecule is CCS(=O)(=O)Nc1ccc(NC(=O)NC2CCN(Cc3ccc(F)cc3)CC2)cc1OC. The Morgan fingerprint density at radius 1 is 1.16 bits per heavy atom. The molecular weight excluding hydrogens is 435 g/mol. The van der Waals surface area contributed by atoms with Crippen LogP contribution in [-0.2, 0) is 16.6 Å². The van der Waals surface area contributed by atoms with Crippen LogP contribution in [0.4, 0.5) is 20.6 Å². The summed E-state index contributed by atoms with van der Waals surface area (Å²) >= 11 is 0. The summed E-state index contributed by atoms with van der Waals surface area (Å²) in [6.07, 6.45) is 1.63. The second kappa shape index (κ2) is 10.6. The fourth-order valence-electron chi connectivity index (χ4n) is 3.53. The van der Waals surface area contributed by atoms with Crippen LogP contribution in [0.2, 0.25) is 0 Å². The first-order valence-corrected chi connectivity index (χ1v) is 12.2. The molecule has 1 heterocycles. The summed E-state index contributed by atoms with van der Waals surface area (Å²) in [5.74, 6) is 0.0208. The summed E-state index contributed by atoms with van der Waals surface area (Å²) in [5, 5.41) is 5.75. The molecule has 0 unspecified atom stereocenters. The number of hydrogen-bond acceptors (Lipinski definition) is 5. The molecule has 1 saturated heterocycles. The average molecular weight is 465 g/mol. The van der Waals surface area contributed by atoms with E-state index in [1.807, 2.05) is 0 Å². The van der Waals surface area contributed by atoms with Gasteiger partial charge in [0.05, 0.1) is 18.6 Å². The highest BCUT2D eigenvalue weighted by Crippen LogP contribution is 2.29. The predicted octanol–water partition coefficient (Wildman–Crippen LogP) is 3.38. The number of carbonyl (C=O) groups excluding carboxylic acids is 1. The summed E-state index contributed by atoms with van der Waals surface area (Å²) in [6, 6.07) is 11.0. The minimum absolute atomic E-state index is 0.0528. The highest BCUT2D eigenvalue weighted by Gasteiger charge is 2.21. The average Bonchev–Trinajstić information content (AvgIpc) is 2.77. The Balaban J connectivity index is 1.49. The van der Waals surface area contributed by atoms with Gasteiger partial charge in [-0.15, -0.1) is 0 Å². The number of piperidine rings is 1. The van der Waals surface area contributed by atoms with Crippen molar-refractivity contribution in [2.45, 2.75) is 32.4 Å².